The summed E-state index contributed by atoms with van der Waals surface area (Å²) in [6.45, 7) is 8.08. The molecule has 12 aromatic carbocycles. The molecule has 0 amide bonds. The minimum Gasteiger partial charge on any atom is -0.454 e. The van der Waals surface area contributed by atoms with Crippen LogP contribution in [0, 0.1) is 17.9 Å². The summed E-state index contributed by atoms with van der Waals surface area (Å²) in [6.07, 6.45) is 0. The second-order valence-corrected chi connectivity index (χ2v) is 18.2. The SMILES string of the molecule is [C-]#[N+]c1ccc(N(c2ccc3ccc4c(N(c5ccc(C#N)cc5-c5ccccc5)c5cccc6c5oc5ccccc56)ccc5ccc2c3c54)c2cccc3c2oc2ccccc23)c(-c2ccccc2)c1. The lowest BCUT2D eigenvalue weighted by Crippen LogP contribution is -2.13. The van der Waals surface area contributed by atoms with E-state index < -0.39 is 0 Å². The highest BCUT2D eigenvalue weighted by Crippen LogP contribution is 2.53. The van der Waals surface area contributed by atoms with Crippen LogP contribution in [0.15, 0.2) is 239 Å². The van der Waals surface area contributed by atoms with Crippen LogP contribution < -0.4 is 9.80 Å². The van der Waals surface area contributed by atoms with Gasteiger partial charge in [-0.15, -0.1) is 0 Å². The molecule has 0 bridgehead atoms. The second-order valence-electron chi connectivity index (χ2n) is 18.2. The first-order valence-electron chi connectivity index (χ1n) is 23.9. The van der Waals surface area contributed by atoms with Crippen molar-refractivity contribution in [1.29, 1.82) is 5.26 Å². The van der Waals surface area contributed by atoms with E-state index in [4.69, 9.17) is 15.4 Å². The number of nitrogens with zero attached hydrogens (tertiary/aromatic N) is 4. The van der Waals surface area contributed by atoms with Crippen molar-refractivity contribution in [1.82, 2.24) is 0 Å². The van der Waals surface area contributed by atoms with Gasteiger partial charge in [0.1, 0.15) is 11.2 Å². The Labute approximate surface area is 413 Å². The molecule has 0 N–H and O–H groups in total. The molecule has 334 valence electrons. The quantitative estimate of drug-likeness (QED) is 0.112. The summed E-state index contributed by atoms with van der Waals surface area (Å²) in [5.41, 5.74) is 13.6. The van der Waals surface area contributed by atoms with Gasteiger partial charge in [0, 0.05) is 37.9 Å². The van der Waals surface area contributed by atoms with Crippen molar-refractivity contribution in [2.75, 3.05) is 9.80 Å². The molecule has 0 saturated carbocycles. The highest BCUT2D eigenvalue weighted by Gasteiger charge is 2.28. The van der Waals surface area contributed by atoms with Crippen LogP contribution in [-0.4, -0.2) is 0 Å². The zero-order valence-corrected chi connectivity index (χ0v) is 38.5. The zero-order chi connectivity index (χ0) is 47.9. The van der Waals surface area contributed by atoms with Gasteiger partial charge < -0.3 is 18.6 Å². The van der Waals surface area contributed by atoms with E-state index in [0.29, 0.717) is 11.3 Å². The Balaban J connectivity index is 1.07. The lowest BCUT2D eigenvalue weighted by atomic mass is 9.91. The van der Waals surface area contributed by atoms with E-state index in [-0.39, 0.29) is 0 Å². The van der Waals surface area contributed by atoms with Crippen LogP contribution in [0.4, 0.5) is 39.8 Å². The normalized spacial score (nSPS) is 11.6. The first-order valence-corrected chi connectivity index (χ1v) is 23.9. The van der Waals surface area contributed by atoms with E-state index in [2.05, 4.69) is 160 Å². The Hall–Kier alpha value is -10.1. The van der Waals surface area contributed by atoms with Crippen LogP contribution in [-0.2, 0) is 0 Å². The summed E-state index contributed by atoms with van der Waals surface area (Å²) in [6, 6.07) is 81.9. The first-order chi connectivity index (χ1) is 35.6. The van der Waals surface area contributed by atoms with Gasteiger partial charge in [-0.3, -0.25) is 0 Å². The second kappa shape index (κ2) is 16.2. The predicted molar refractivity (Wildman–Crippen MR) is 296 cm³/mol. The molecule has 6 heteroatoms. The number of hydrogen-bond donors (Lipinski definition) is 0. The summed E-state index contributed by atoms with van der Waals surface area (Å²) < 4.78 is 13.7. The summed E-state index contributed by atoms with van der Waals surface area (Å²) in [5.74, 6) is 0. The molecular formula is C66H38N4O2. The van der Waals surface area contributed by atoms with Crippen LogP contribution in [0.1, 0.15) is 5.56 Å². The van der Waals surface area contributed by atoms with Gasteiger partial charge in [-0.25, -0.2) is 4.85 Å². The Kier molecular flexibility index (Phi) is 9.23. The molecule has 0 aliphatic rings. The largest absolute Gasteiger partial charge is 0.454 e. The maximum absolute atomic E-state index is 10.3. The van der Waals surface area contributed by atoms with E-state index in [1.54, 1.807) is 0 Å². The Morgan fingerprint density at radius 1 is 0.375 bits per heavy atom. The van der Waals surface area contributed by atoms with Crippen LogP contribution in [0.25, 0.3) is 103 Å². The number of para-hydroxylation sites is 4. The van der Waals surface area contributed by atoms with Crippen LogP contribution in [0.3, 0.4) is 0 Å². The van der Waals surface area contributed by atoms with Crippen molar-refractivity contribution in [2.45, 2.75) is 0 Å². The molecule has 0 aliphatic heterocycles. The highest BCUT2D eigenvalue weighted by molar-refractivity contribution is 6.29. The number of rotatable bonds is 8. The number of hydrogen-bond acceptors (Lipinski definition) is 5. The number of nitriles is 1. The van der Waals surface area contributed by atoms with Crippen LogP contribution in [0.2, 0.25) is 0 Å². The molecule has 0 atom stereocenters. The molecule has 72 heavy (non-hydrogen) atoms. The highest BCUT2D eigenvalue weighted by atomic mass is 16.3. The molecule has 0 spiro atoms. The zero-order valence-electron chi connectivity index (χ0n) is 38.5. The third kappa shape index (κ3) is 6.27. The van der Waals surface area contributed by atoms with Crippen molar-refractivity contribution in [2.24, 2.45) is 0 Å². The van der Waals surface area contributed by atoms with E-state index in [9.17, 15) is 5.26 Å². The van der Waals surface area contributed by atoms with Crippen molar-refractivity contribution >= 4 is 116 Å². The number of anilines is 6. The number of fused-ring (bicyclic) bond motifs is 6. The fourth-order valence-corrected chi connectivity index (χ4v) is 11.0. The van der Waals surface area contributed by atoms with Gasteiger partial charge >= 0.3 is 0 Å². The van der Waals surface area contributed by atoms with Crippen molar-refractivity contribution in [3.63, 3.8) is 0 Å². The smallest absolute Gasteiger partial charge is 0.188 e. The van der Waals surface area contributed by atoms with Gasteiger partial charge in [0.2, 0.25) is 0 Å². The van der Waals surface area contributed by atoms with E-state index in [1.807, 2.05) is 91.0 Å². The van der Waals surface area contributed by atoms with Crippen LogP contribution in [0.5, 0.6) is 0 Å². The molecule has 0 fully saturated rings. The first kappa shape index (κ1) is 40.9. The Bertz CT molecular complexity index is 4270. The maximum Gasteiger partial charge on any atom is 0.188 e. The van der Waals surface area contributed by atoms with Crippen molar-refractivity contribution in [3.05, 3.63) is 248 Å². The van der Waals surface area contributed by atoms with Gasteiger partial charge in [-0.05, 0) is 105 Å². The maximum atomic E-state index is 10.3. The summed E-state index contributed by atoms with van der Waals surface area (Å²) in [7, 11) is 0. The van der Waals surface area contributed by atoms with E-state index in [1.165, 1.54) is 0 Å². The van der Waals surface area contributed by atoms with Gasteiger partial charge in [0.05, 0.1) is 52.3 Å². The molecule has 0 unspecified atom stereocenters. The predicted octanol–water partition coefficient (Wildman–Crippen LogP) is 19.1. The molecule has 2 aromatic heterocycles. The van der Waals surface area contributed by atoms with Crippen LogP contribution >= 0.6 is 0 Å². The lowest BCUT2D eigenvalue weighted by Gasteiger charge is -2.31. The molecule has 2 heterocycles. The van der Waals surface area contributed by atoms with Gasteiger partial charge in [0.25, 0.3) is 0 Å². The average Bonchev–Trinajstić information content (AvgIpc) is 4.03. The molecule has 0 saturated heterocycles. The van der Waals surface area contributed by atoms with Crippen molar-refractivity contribution in [3.8, 4) is 28.3 Å². The molecule has 0 aliphatic carbocycles. The fraction of sp³-hybridized carbons (Fsp3) is 0. The Morgan fingerprint density at radius 2 is 0.819 bits per heavy atom. The number of furan rings is 2. The Morgan fingerprint density at radius 3 is 1.33 bits per heavy atom. The minimum atomic E-state index is 0.558. The monoisotopic (exact) mass is 918 g/mol. The molecule has 0 radical (unpaired) electrons. The average molecular weight is 919 g/mol. The number of benzene rings is 12. The molecule has 14 aromatic rings. The minimum absolute atomic E-state index is 0.558. The summed E-state index contributed by atoms with van der Waals surface area (Å²) in [4.78, 5) is 8.55. The topological polar surface area (TPSA) is 60.9 Å². The summed E-state index contributed by atoms with van der Waals surface area (Å²) >= 11 is 0. The van der Waals surface area contributed by atoms with Crippen molar-refractivity contribution < 1.29 is 8.83 Å². The summed E-state index contributed by atoms with van der Waals surface area (Å²) in [5, 5.41) is 21.0. The van der Waals surface area contributed by atoms with E-state index in [0.717, 1.165) is 133 Å². The third-order valence-corrected chi connectivity index (χ3v) is 14.2. The van der Waals surface area contributed by atoms with Gasteiger partial charge in [-0.1, -0.05) is 164 Å². The fourth-order valence-electron chi connectivity index (χ4n) is 11.0. The van der Waals surface area contributed by atoms with E-state index >= 15 is 0 Å². The standard InChI is InChI=1S/C66H38N4O2/c1-68-46-31-37-58(54(39-46)43-16-6-3-7-17-43)70(60-23-13-21-50-48-19-9-11-25-62(48)72-66(50)60)56-36-30-45-27-32-51-55(35-29-44-28-33-52(56)64(45)63(44)51)69(57-34-26-41(40-67)38-53(57)42-14-4-2-5-15-42)59-22-12-20-49-47-18-8-10-24-61(47)71-65(49)59/h2-39H. The lowest BCUT2D eigenvalue weighted by molar-refractivity contribution is 0.669. The molecule has 6 nitrogen and oxygen atoms in total. The van der Waals surface area contributed by atoms with Gasteiger partial charge in [-0.2, -0.15) is 5.26 Å². The molecule has 14 rings (SSSR count). The van der Waals surface area contributed by atoms with Gasteiger partial charge in [0.15, 0.2) is 16.9 Å². The molecular weight excluding hydrogens is 881 g/mol. The third-order valence-electron chi connectivity index (χ3n) is 14.2.